The smallest absolute Gasteiger partial charge is 0.251 e. The number of nitrogens with zero attached hydrogens (tertiary/aromatic N) is 3. The number of rotatable bonds is 25. The van der Waals surface area contributed by atoms with Gasteiger partial charge in [-0.1, -0.05) is 77.1 Å². The van der Waals surface area contributed by atoms with Gasteiger partial charge in [-0.3, -0.25) is 59.7 Å². The molecule has 6 aromatic carbocycles. The Bertz CT molecular complexity index is 4890. The first-order chi connectivity index (χ1) is 56.1. The van der Waals surface area contributed by atoms with Crippen molar-refractivity contribution in [1.82, 2.24) is 46.6 Å². The maximum absolute atomic E-state index is 15.3. The zero-order chi connectivity index (χ0) is 84.3. The minimum absolute atomic E-state index is 0.00904. The van der Waals surface area contributed by atoms with Crippen LogP contribution in [0.25, 0.3) is 0 Å². The fraction of sp³-hybridized carbons (Fsp3) is 0.505. The van der Waals surface area contributed by atoms with Crippen LogP contribution in [0.15, 0.2) is 121 Å². The van der Waals surface area contributed by atoms with Gasteiger partial charge in [-0.2, -0.15) is 0 Å². The number of nitrogens with one attached hydrogen (secondary N) is 9. The van der Waals surface area contributed by atoms with Gasteiger partial charge in [0.05, 0.1) is 62.3 Å². The number of fused-ring (bicyclic) bond motifs is 5. The van der Waals surface area contributed by atoms with Gasteiger partial charge in [0.15, 0.2) is 17.9 Å². The Morgan fingerprint density at radius 2 is 1.07 bits per heavy atom. The van der Waals surface area contributed by atoms with E-state index in [2.05, 4.69) is 31.9 Å². The molecule has 14 rings (SSSR count). The summed E-state index contributed by atoms with van der Waals surface area (Å²) < 4.78 is 55.4. The van der Waals surface area contributed by atoms with Crippen molar-refractivity contribution >= 4 is 53.3 Å². The third kappa shape index (κ3) is 16.7. The van der Waals surface area contributed by atoms with Crippen LogP contribution in [0.4, 0.5) is 4.39 Å². The Morgan fingerprint density at radius 1 is 0.559 bits per heavy atom. The van der Waals surface area contributed by atoms with Gasteiger partial charge in [-0.15, -0.1) is 0 Å². The highest BCUT2D eigenvalue weighted by Gasteiger charge is 2.53. The molecule has 118 heavy (non-hydrogen) atoms. The lowest BCUT2D eigenvalue weighted by atomic mass is 9.78. The largest absolute Gasteiger partial charge is 0.488 e. The van der Waals surface area contributed by atoms with Crippen molar-refractivity contribution in [3.05, 3.63) is 183 Å². The van der Waals surface area contributed by atoms with Crippen LogP contribution in [0.1, 0.15) is 286 Å². The number of hydrogen-bond acceptors (Lipinski definition) is 17. The Morgan fingerprint density at radius 3 is 1.67 bits per heavy atom. The lowest BCUT2D eigenvalue weighted by Crippen LogP contribution is -2.63. The SMILES string of the molecule is CC[C@H](NC(=O)c1ccc2c(c1)[C@H](N1C(=N)NC(C)(C)CC1=O)CC(C)(CCC1(C)C[C@H](NC(=O)c3ccc4c(c3)[C@H](N3C(=N)NC(CC)(CC)CC3=O)CC(COCCC3(C)Oc5ccc(F)cc5[C@@H](NC(=O)c5ccc6c(c5)[C@H](N5C(=N)NC(CC)(CC)CC5=O)CC(C)(C)O6)[C@@H]3O)O4)c3ccccc3O1)O2)c1ccccc1CCO. The van der Waals surface area contributed by atoms with Gasteiger partial charge in [0, 0.05) is 106 Å². The van der Waals surface area contributed by atoms with Crippen LogP contribution in [0.3, 0.4) is 0 Å². The summed E-state index contributed by atoms with van der Waals surface area (Å²) in [6.45, 7) is 23.1. The third-order valence-corrected chi connectivity index (χ3v) is 25.9. The monoisotopic (exact) mass is 1620 g/mol. The van der Waals surface area contributed by atoms with Gasteiger partial charge in [0.2, 0.25) is 17.7 Å². The van der Waals surface area contributed by atoms with Gasteiger partial charge >= 0.3 is 0 Å². The summed E-state index contributed by atoms with van der Waals surface area (Å²) in [5.74, 6) is -0.713. The van der Waals surface area contributed by atoms with E-state index in [9.17, 15) is 45.0 Å². The molecule has 0 saturated carbocycles. The molecule has 3 saturated heterocycles. The number of carbonyl (C=O) groups is 6. The molecule has 4 unspecified atom stereocenters. The minimum Gasteiger partial charge on any atom is -0.488 e. The normalized spacial score (nSPS) is 26.6. The lowest BCUT2D eigenvalue weighted by molar-refractivity contribution is -0.135. The predicted molar refractivity (Wildman–Crippen MR) is 442 cm³/mol. The van der Waals surface area contributed by atoms with Gasteiger partial charge < -0.3 is 70.5 Å². The Labute approximate surface area is 689 Å². The second kappa shape index (κ2) is 32.6. The zero-order valence-electron chi connectivity index (χ0n) is 69.6. The molecule has 3 fully saturated rings. The van der Waals surface area contributed by atoms with Gasteiger partial charge in [0.1, 0.15) is 69.2 Å². The van der Waals surface area contributed by atoms with E-state index in [4.69, 9.17) is 33.8 Å². The Hall–Kier alpha value is -10.6. The van der Waals surface area contributed by atoms with E-state index in [1.165, 1.54) is 32.9 Å². The van der Waals surface area contributed by atoms with Crippen LogP contribution in [0.5, 0.6) is 28.7 Å². The average molecular weight is 1620 g/mol. The van der Waals surface area contributed by atoms with Crippen LogP contribution in [0.2, 0.25) is 0 Å². The molecular weight excluding hydrogens is 1500 g/mol. The molecule has 26 nitrogen and oxygen atoms in total. The van der Waals surface area contributed by atoms with Crippen LogP contribution in [-0.2, 0) is 25.5 Å². The molecular formula is C91H113FN12O14. The number of carbonyl (C=O) groups excluding carboxylic acids is 6. The van der Waals surface area contributed by atoms with E-state index in [0.29, 0.717) is 109 Å². The molecule has 0 bridgehead atoms. The number of ether oxygens (including phenoxy) is 6. The average Bonchev–Trinajstić information content (AvgIpc) is 0.752. The number of hydrogen-bond donors (Lipinski definition) is 11. The van der Waals surface area contributed by atoms with E-state index >= 15 is 9.18 Å². The van der Waals surface area contributed by atoms with Crippen molar-refractivity contribution in [3.63, 3.8) is 0 Å². The molecule has 11 atom stereocenters. The topological polar surface area (TPSA) is 352 Å². The highest BCUT2D eigenvalue weighted by molar-refractivity contribution is 6.02. The molecule has 0 aliphatic carbocycles. The van der Waals surface area contributed by atoms with Gasteiger partial charge in [-0.05, 0) is 190 Å². The van der Waals surface area contributed by atoms with Gasteiger partial charge in [-0.25, -0.2) is 4.39 Å². The fourth-order valence-electron chi connectivity index (χ4n) is 18.9. The molecule has 628 valence electrons. The number of benzene rings is 6. The van der Waals surface area contributed by atoms with E-state index in [1.54, 1.807) is 61.5 Å². The molecule has 0 radical (unpaired) electrons. The second-order valence-corrected chi connectivity index (χ2v) is 35.4. The van der Waals surface area contributed by atoms with Crippen LogP contribution >= 0.6 is 0 Å². The first-order valence-electron chi connectivity index (χ1n) is 41.7. The molecule has 0 aromatic heterocycles. The Balaban J connectivity index is 0.669. The van der Waals surface area contributed by atoms with Crippen molar-refractivity contribution < 1.29 is 71.8 Å². The van der Waals surface area contributed by atoms with Crippen LogP contribution in [0, 0.1) is 22.0 Å². The molecule has 0 spiro atoms. The number of guanidine groups is 3. The molecule has 8 aliphatic rings. The molecule has 6 aromatic rings. The summed E-state index contributed by atoms with van der Waals surface area (Å²) >= 11 is 0. The number of aliphatic hydroxyl groups is 2. The summed E-state index contributed by atoms with van der Waals surface area (Å²) in [7, 11) is 0. The van der Waals surface area contributed by atoms with Crippen molar-refractivity contribution in [2.24, 2.45) is 0 Å². The number of aliphatic hydroxyl groups excluding tert-OH is 2. The minimum atomic E-state index is -1.46. The molecule has 8 aliphatic heterocycles. The summed E-state index contributed by atoms with van der Waals surface area (Å²) in [5, 5.41) is 69.7. The first kappa shape index (κ1) is 83.8. The third-order valence-electron chi connectivity index (χ3n) is 25.9. The van der Waals surface area contributed by atoms with E-state index in [0.717, 1.165) is 16.7 Å². The van der Waals surface area contributed by atoms with Crippen molar-refractivity contribution in [2.45, 2.75) is 273 Å². The lowest BCUT2D eigenvalue weighted by Gasteiger charge is -2.48. The Kier molecular flexibility index (Phi) is 23.1. The first-order valence-corrected chi connectivity index (χ1v) is 41.7. The summed E-state index contributed by atoms with van der Waals surface area (Å²) in [6.07, 6.45) is 3.73. The van der Waals surface area contributed by atoms with E-state index < -0.39 is 99.1 Å². The predicted octanol–water partition coefficient (Wildman–Crippen LogP) is 13.4. The molecule has 27 heteroatoms. The van der Waals surface area contributed by atoms with Crippen LogP contribution < -0.4 is 55.6 Å². The van der Waals surface area contributed by atoms with Crippen LogP contribution in [-0.4, -0.2) is 149 Å². The molecule has 8 heterocycles. The number of amides is 6. The summed E-state index contributed by atoms with van der Waals surface area (Å²) in [6, 6.07) is 30.2. The summed E-state index contributed by atoms with van der Waals surface area (Å²) in [5.41, 5.74) is -0.598. The second-order valence-electron chi connectivity index (χ2n) is 35.4. The standard InChI is InChI=1S/C91H113FN12O14/c1-13-64(58-23-19-18-22-52(58)34-38-105)96-79(110)54-28-32-72-62(41-54)68(104-74(106)48-85(6,7)99-82(104)93)47-88(11,117-72)36-35-87(10)45-65(59-24-20-21-25-70(59)116-87)97-80(111)53-26-30-69-60(40-53)66(102-75(107)49-90(14-2,15-3)100-83(102)94)44-57(114-69)51-113-39-37-89(12)78(109)77(63-43-56(92)29-33-73(63)118-89)98-81(112)55-27-31-71-61(42-55)67(46-86(8,9)115-71)103-76(108)50-91(16-4,17-5)101-84(103)95/h18-33,40-43,57,64-68,77-78,105,109H,13-17,34-39,44-51H2,1-12H3,(H2,93,99)(H2,94,100)(H2,95,101)(H,96,110)(H,97,111)(H,98,112)/t57?,64-,65-,66+,67+,68+,77+,78-,87?,88?,89?/m0/s1. The number of para-hydroxylation sites is 1. The zero-order valence-corrected chi connectivity index (χ0v) is 69.6. The fourth-order valence-corrected chi connectivity index (χ4v) is 18.9. The quantitative estimate of drug-likeness (QED) is 0.0237. The van der Waals surface area contributed by atoms with Crippen molar-refractivity contribution in [3.8, 4) is 28.7 Å². The highest BCUT2D eigenvalue weighted by Crippen LogP contribution is 2.52. The van der Waals surface area contributed by atoms with Crippen molar-refractivity contribution in [2.75, 3.05) is 19.8 Å². The maximum atomic E-state index is 15.3. The van der Waals surface area contributed by atoms with E-state index in [-0.39, 0.29) is 128 Å². The van der Waals surface area contributed by atoms with Gasteiger partial charge in [0.25, 0.3) is 17.7 Å². The van der Waals surface area contributed by atoms with Crippen molar-refractivity contribution in [1.29, 1.82) is 16.2 Å². The van der Waals surface area contributed by atoms with E-state index in [1.807, 2.05) is 125 Å². The summed E-state index contributed by atoms with van der Waals surface area (Å²) in [4.78, 5) is 91.8. The molecule has 11 N–H and O–H groups in total. The molecule has 6 amide bonds. The highest BCUT2D eigenvalue weighted by atomic mass is 19.1. The number of halogens is 1. The maximum Gasteiger partial charge on any atom is 0.251 e.